The second-order valence-corrected chi connectivity index (χ2v) is 4.06. The van der Waals surface area contributed by atoms with E-state index in [0.717, 1.165) is 11.7 Å². The molecule has 1 heterocycles. The van der Waals surface area contributed by atoms with E-state index in [0.29, 0.717) is 0 Å². The van der Waals surface area contributed by atoms with Crippen LogP contribution in [0.5, 0.6) is 0 Å². The smallest absolute Gasteiger partial charge is 0.125 e. The Hall–Kier alpha value is -1.05. The molecule has 1 N–H and O–H groups in total. The molecule has 1 saturated carbocycles. The van der Waals surface area contributed by atoms with Crippen LogP contribution in [0.1, 0.15) is 43.6 Å². The van der Waals surface area contributed by atoms with Crippen molar-refractivity contribution >= 4 is 5.82 Å². The van der Waals surface area contributed by atoms with Crippen LogP contribution in [0.4, 0.5) is 5.82 Å². The van der Waals surface area contributed by atoms with Gasteiger partial charge in [-0.05, 0) is 30.4 Å². The Morgan fingerprint density at radius 1 is 1.21 bits per heavy atom. The summed E-state index contributed by atoms with van der Waals surface area (Å²) < 4.78 is 0. The van der Waals surface area contributed by atoms with Crippen molar-refractivity contribution in [3.63, 3.8) is 0 Å². The minimum absolute atomic E-state index is 0.766. The summed E-state index contributed by atoms with van der Waals surface area (Å²) in [5, 5.41) is 3.05. The van der Waals surface area contributed by atoms with Gasteiger partial charge in [-0.3, -0.25) is 0 Å². The van der Waals surface area contributed by atoms with Gasteiger partial charge in [-0.2, -0.15) is 0 Å². The highest BCUT2D eigenvalue weighted by Crippen LogP contribution is 2.32. The van der Waals surface area contributed by atoms with Gasteiger partial charge >= 0.3 is 0 Å². The molecule has 1 fully saturated rings. The molecule has 0 bridgehead atoms. The third-order valence-corrected chi connectivity index (χ3v) is 3.12. The SMILES string of the molecule is CNc1ccc(C2CCCCC2)cn1. The number of nitrogens with one attached hydrogen (secondary N) is 1. The summed E-state index contributed by atoms with van der Waals surface area (Å²) >= 11 is 0. The lowest BCUT2D eigenvalue weighted by atomic mass is 9.85. The highest BCUT2D eigenvalue weighted by molar-refractivity contribution is 5.35. The second kappa shape index (κ2) is 4.45. The first-order valence-corrected chi connectivity index (χ1v) is 5.54. The lowest BCUT2D eigenvalue weighted by Gasteiger charge is -2.21. The van der Waals surface area contributed by atoms with Gasteiger partial charge in [0.05, 0.1) is 0 Å². The van der Waals surface area contributed by atoms with Gasteiger partial charge in [-0.25, -0.2) is 4.98 Å². The number of hydrogen-bond donors (Lipinski definition) is 1. The Kier molecular flexibility index (Phi) is 3.02. The Labute approximate surface area is 85.7 Å². The summed E-state index contributed by atoms with van der Waals surface area (Å²) in [6, 6.07) is 4.29. The minimum atomic E-state index is 0.766. The van der Waals surface area contributed by atoms with Crippen LogP contribution >= 0.6 is 0 Å². The van der Waals surface area contributed by atoms with Crippen LogP contribution in [0, 0.1) is 0 Å². The molecule has 2 nitrogen and oxygen atoms in total. The summed E-state index contributed by atoms with van der Waals surface area (Å²) in [5.41, 5.74) is 1.42. The van der Waals surface area contributed by atoms with Crippen LogP contribution in [0.2, 0.25) is 0 Å². The van der Waals surface area contributed by atoms with Gasteiger partial charge in [0.1, 0.15) is 5.82 Å². The molecule has 0 unspecified atom stereocenters. The van der Waals surface area contributed by atoms with Crippen molar-refractivity contribution in [2.45, 2.75) is 38.0 Å². The first-order valence-electron chi connectivity index (χ1n) is 5.54. The van der Waals surface area contributed by atoms with Crippen molar-refractivity contribution in [3.8, 4) is 0 Å². The maximum absolute atomic E-state index is 4.36. The van der Waals surface area contributed by atoms with Crippen LogP contribution in [0.3, 0.4) is 0 Å². The first kappa shape index (κ1) is 9.50. The molecule has 76 valence electrons. The summed E-state index contributed by atoms with van der Waals surface area (Å²) in [4.78, 5) is 4.36. The zero-order valence-corrected chi connectivity index (χ0v) is 8.79. The molecule has 0 radical (unpaired) electrons. The van der Waals surface area contributed by atoms with E-state index in [1.165, 1.54) is 37.7 Å². The molecule has 1 aromatic heterocycles. The van der Waals surface area contributed by atoms with Gasteiger partial charge in [0.15, 0.2) is 0 Å². The zero-order chi connectivity index (χ0) is 9.80. The lowest BCUT2D eigenvalue weighted by molar-refractivity contribution is 0.443. The molecule has 0 atom stereocenters. The quantitative estimate of drug-likeness (QED) is 0.774. The largest absolute Gasteiger partial charge is 0.373 e. The van der Waals surface area contributed by atoms with Crippen LogP contribution < -0.4 is 5.32 Å². The fourth-order valence-electron chi connectivity index (χ4n) is 2.23. The van der Waals surface area contributed by atoms with E-state index in [1.807, 2.05) is 13.2 Å². The number of aromatic nitrogens is 1. The predicted molar refractivity (Wildman–Crippen MR) is 59.6 cm³/mol. The molecule has 1 aromatic rings. The average molecular weight is 190 g/mol. The molecule has 0 aliphatic heterocycles. The predicted octanol–water partition coefficient (Wildman–Crippen LogP) is 3.17. The topological polar surface area (TPSA) is 24.9 Å². The molecule has 0 saturated heterocycles. The normalized spacial score (nSPS) is 18.1. The second-order valence-electron chi connectivity index (χ2n) is 4.06. The van der Waals surface area contributed by atoms with Crippen molar-refractivity contribution < 1.29 is 0 Å². The summed E-state index contributed by atoms with van der Waals surface area (Å²) in [7, 11) is 1.91. The molecule has 1 aliphatic carbocycles. The lowest BCUT2D eigenvalue weighted by Crippen LogP contribution is -2.05. The molecular formula is C12H18N2. The number of anilines is 1. The molecule has 2 heteroatoms. The molecule has 0 aromatic carbocycles. The monoisotopic (exact) mass is 190 g/mol. The van der Waals surface area contributed by atoms with E-state index in [4.69, 9.17) is 0 Å². The number of rotatable bonds is 2. The molecule has 14 heavy (non-hydrogen) atoms. The van der Waals surface area contributed by atoms with E-state index in [-0.39, 0.29) is 0 Å². The molecular weight excluding hydrogens is 172 g/mol. The third-order valence-electron chi connectivity index (χ3n) is 3.12. The molecule has 0 spiro atoms. The van der Waals surface area contributed by atoms with Crippen LogP contribution in [-0.4, -0.2) is 12.0 Å². The number of pyridine rings is 1. The zero-order valence-electron chi connectivity index (χ0n) is 8.79. The standard InChI is InChI=1S/C12H18N2/c1-13-12-8-7-11(9-14-12)10-5-3-2-4-6-10/h7-10H,2-6H2,1H3,(H,13,14). The van der Waals surface area contributed by atoms with Crippen molar-refractivity contribution in [2.24, 2.45) is 0 Å². The Balaban J connectivity index is 2.07. The summed E-state index contributed by atoms with van der Waals surface area (Å²) in [6.07, 6.45) is 8.92. The maximum Gasteiger partial charge on any atom is 0.125 e. The fourth-order valence-corrected chi connectivity index (χ4v) is 2.23. The summed E-state index contributed by atoms with van der Waals surface area (Å²) in [6.45, 7) is 0. The highest BCUT2D eigenvalue weighted by Gasteiger charge is 2.15. The van der Waals surface area contributed by atoms with E-state index >= 15 is 0 Å². The Morgan fingerprint density at radius 2 is 2.00 bits per heavy atom. The number of nitrogens with zero attached hydrogens (tertiary/aromatic N) is 1. The van der Waals surface area contributed by atoms with Crippen molar-refractivity contribution in [1.82, 2.24) is 4.98 Å². The van der Waals surface area contributed by atoms with Gasteiger partial charge in [-0.1, -0.05) is 25.3 Å². The van der Waals surface area contributed by atoms with E-state index in [2.05, 4.69) is 22.4 Å². The van der Waals surface area contributed by atoms with E-state index < -0.39 is 0 Å². The molecule has 0 amide bonds. The fraction of sp³-hybridized carbons (Fsp3) is 0.583. The van der Waals surface area contributed by atoms with Gasteiger partial charge in [0, 0.05) is 13.2 Å². The van der Waals surface area contributed by atoms with Crippen LogP contribution in [0.25, 0.3) is 0 Å². The highest BCUT2D eigenvalue weighted by atomic mass is 14.9. The minimum Gasteiger partial charge on any atom is -0.373 e. The third kappa shape index (κ3) is 2.06. The van der Waals surface area contributed by atoms with Gasteiger partial charge < -0.3 is 5.32 Å². The van der Waals surface area contributed by atoms with Gasteiger partial charge in [0.25, 0.3) is 0 Å². The van der Waals surface area contributed by atoms with Crippen molar-refractivity contribution in [2.75, 3.05) is 12.4 Å². The average Bonchev–Trinajstić information content (AvgIpc) is 2.30. The number of hydrogen-bond acceptors (Lipinski definition) is 2. The van der Waals surface area contributed by atoms with Crippen LogP contribution in [0.15, 0.2) is 18.3 Å². The Morgan fingerprint density at radius 3 is 2.57 bits per heavy atom. The van der Waals surface area contributed by atoms with E-state index in [1.54, 1.807) is 0 Å². The maximum atomic E-state index is 4.36. The van der Waals surface area contributed by atoms with Gasteiger partial charge in [-0.15, -0.1) is 0 Å². The summed E-state index contributed by atoms with van der Waals surface area (Å²) in [5.74, 6) is 1.73. The first-order chi connectivity index (χ1) is 6.90. The molecule has 2 rings (SSSR count). The van der Waals surface area contributed by atoms with Crippen molar-refractivity contribution in [1.29, 1.82) is 0 Å². The van der Waals surface area contributed by atoms with E-state index in [9.17, 15) is 0 Å². The van der Waals surface area contributed by atoms with Crippen LogP contribution in [-0.2, 0) is 0 Å². The van der Waals surface area contributed by atoms with Crippen molar-refractivity contribution in [3.05, 3.63) is 23.9 Å². The molecule has 1 aliphatic rings. The van der Waals surface area contributed by atoms with Gasteiger partial charge in [0.2, 0.25) is 0 Å². The Bertz CT molecular complexity index is 273.